The number of aromatic nitrogens is 6. The number of phosphoric acid groups is 1. The van der Waals surface area contributed by atoms with E-state index < -0.39 is 105 Å². The zero-order valence-corrected chi connectivity index (χ0v) is 60.7. The Kier molecular flexibility index (Phi) is 29.1. The number of morpholine rings is 1. The number of carbonyl (C=O) groups is 3. The summed E-state index contributed by atoms with van der Waals surface area (Å²) in [6.07, 6.45) is -4.17. The highest BCUT2D eigenvalue weighted by molar-refractivity contribution is 7.48. The average molecular weight is 1460 g/mol. The molecular weight excluding hydrogens is 1370 g/mol. The Labute approximate surface area is 591 Å². The first kappa shape index (κ1) is 79.6. The molecule has 8 atom stereocenters. The van der Waals surface area contributed by atoms with Crippen LogP contribution in [0, 0.1) is 35.5 Å². The van der Waals surface area contributed by atoms with Gasteiger partial charge in [-0.1, -0.05) is 68.4 Å². The summed E-state index contributed by atoms with van der Waals surface area (Å²) in [6, 6.07) is 28.8. The number of nitrogens with zero attached hydrogens (tertiary/aromatic N) is 8. The summed E-state index contributed by atoms with van der Waals surface area (Å²) in [5.41, 5.74) is -2.62. The molecule has 2 fully saturated rings. The number of H-pyrrole nitrogens is 2. The number of esters is 2. The van der Waals surface area contributed by atoms with Gasteiger partial charge in [-0.3, -0.25) is 66.9 Å². The van der Waals surface area contributed by atoms with Crippen molar-refractivity contribution in [1.82, 2.24) is 38.6 Å². The molecule has 3 aromatic carbocycles. The highest BCUT2D eigenvalue weighted by atomic mass is 31.2. The Morgan fingerprint density at radius 3 is 1.96 bits per heavy atom. The first-order valence-electron chi connectivity index (χ1n) is 33.1. The minimum atomic E-state index is -4.60. The summed E-state index contributed by atoms with van der Waals surface area (Å²) in [5, 5.41) is 21.5. The van der Waals surface area contributed by atoms with Crippen molar-refractivity contribution in [3.05, 3.63) is 145 Å². The molecule has 2 unspecified atom stereocenters. The maximum Gasteiger partial charge on any atom is 0.474 e. The van der Waals surface area contributed by atoms with Crippen LogP contribution in [-0.2, 0) is 80.3 Å². The summed E-state index contributed by atoms with van der Waals surface area (Å²) in [6.45, 7) is 14.0. The summed E-state index contributed by atoms with van der Waals surface area (Å²) in [4.78, 5) is 93.3. The molecule has 32 nitrogen and oxygen atoms in total. The van der Waals surface area contributed by atoms with E-state index in [1.54, 1.807) is 35.0 Å². The first-order valence-corrected chi connectivity index (χ1v) is 35.7. The molecule has 2 aliphatic heterocycles. The van der Waals surface area contributed by atoms with Gasteiger partial charge in [-0.15, -0.1) is 0 Å². The van der Waals surface area contributed by atoms with E-state index in [2.05, 4.69) is 36.0 Å². The van der Waals surface area contributed by atoms with Gasteiger partial charge in [0.25, 0.3) is 19.6 Å². The molecule has 1 amide bonds. The second kappa shape index (κ2) is 37.3. The SMILES string of the molecule is COc1ccc(C(OC[C@]2(COP(OCCC#N)N(C(C)C)C(C)C)CN(CCOCCOCCOP(=O)(OCCC#N)OC[C@H]3O[C@@H](n4cnc5c(=O)[nH]c(NC(=O)C(C)C)nc54)[C@H](OC(C)=O)[C@@H]3OC(C)=O)C[C@H](n3cc(C)c(=O)[nH]c3=O)O2)(c2ccccc2)c2ccc(OC)cc2)cc1. The van der Waals surface area contributed by atoms with E-state index in [1.807, 2.05) is 118 Å². The number of anilines is 1. The highest BCUT2D eigenvalue weighted by Crippen LogP contribution is 2.52. The fraction of sp³-hybridized carbons (Fsp3) is 0.529. The van der Waals surface area contributed by atoms with E-state index in [-0.39, 0.29) is 127 Å². The molecule has 0 radical (unpaired) electrons. The van der Waals surface area contributed by atoms with Crippen LogP contribution in [-0.4, -0.2) is 192 Å². The number of aromatic amines is 2. The number of amides is 1. The van der Waals surface area contributed by atoms with Crippen LogP contribution in [0.2, 0.25) is 0 Å². The molecule has 3 N–H and O–H groups in total. The van der Waals surface area contributed by atoms with Crippen LogP contribution < -0.4 is 31.6 Å². The number of ether oxygens (including phenoxy) is 9. The fourth-order valence-electron chi connectivity index (χ4n) is 11.5. The van der Waals surface area contributed by atoms with Crippen molar-refractivity contribution >= 4 is 51.3 Å². The third-order valence-corrected chi connectivity index (χ3v) is 19.7. The Balaban J connectivity index is 1.00. The number of nitrogens with one attached hydrogen (secondary N) is 3. The van der Waals surface area contributed by atoms with E-state index in [0.717, 1.165) is 30.5 Å². The summed E-state index contributed by atoms with van der Waals surface area (Å²) in [5.74, 6) is -1.55. The molecule has 3 aromatic heterocycles. The summed E-state index contributed by atoms with van der Waals surface area (Å²) >= 11 is 0. The van der Waals surface area contributed by atoms with Gasteiger partial charge in [0.2, 0.25) is 11.9 Å². The van der Waals surface area contributed by atoms with Gasteiger partial charge in [-0.05, 0) is 75.6 Å². The average Bonchev–Trinajstić information content (AvgIpc) is 0.998. The Bertz CT molecular complexity index is 4010. The number of aryl methyl sites for hydroxylation is 1. The Hall–Kier alpha value is -8.14. The number of hydrogen-bond donors (Lipinski definition) is 3. The van der Waals surface area contributed by atoms with E-state index in [0.29, 0.717) is 11.5 Å². The van der Waals surface area contributed by atoms with Crippen LogP contribution in [0.25, 0.3) is 11.2 Å². The first-order chi connectivity index (χ1) is 48.9. The number of benzene rings is 3. The van der Waals surface area contributed by atoms with Gasteiger partial charge in [-0.25, -0.2) is 19.0 Å². The van der Waals surface area contributed by atoms with E-state index >= 15 is 0 Å². The number of imidazole rings is 1. The zero-order valence-electron chi connectivity index (χ0n) is 58.9. The van der Waals surface area contributed by atoms with Crippen LogP contribution >= 0.6 is 16.3 Å². The molecule has 102 heavy (non-hydrogen) atoms. The molecule has 2 aliphatic rings. The van der Waals surface area contributed by atoms with Gasteiger partial charge in [0.15, 0.2) is 35.8 Å². The van der Waals surface area contributed by atoms with E-state index in [4.69, 9.17) is 65.3 Å². The second-order valence-electron chi connectivity index (χ2n) is 24.7. The van der Waals surface area contributed by atoms with Gasteiger partial charge < -0.3 is 51.7 Å². The van der Waals surface area contributed by atoms with Crippen LogP contribution in [0.1, 0.15) is 103 Å². The number of phosphoric ester groups is 1. The van der Waals surface area contributed by atoms with Crippen molar-refractivity contribution in [3.63, 3.8) is 0 Å². The van der Waals surface area contributed by atoms with Gasteiger partial charge in [-0.2, -0.15) is 15.5 Å². The quantitative estimate of drug-likeness (QED) is 0.0147. The van der Waals surface area contributed by atoms with E-state index in [1.165, 1.54) is 21.7 Å². The van der Waals surface area contributed by atoms with Crippen molar-refractivity contribution < 1.29 is 84.2 Å². The van der Waals surface area contributed by atoms with Gasteiger partial charge in [0.1, 0.15) is 28.8 Å². The summed E-state index contributed by atoms with van der Waals surface area (Å²) < 4.78 is 105. The number of hydrogen-bond acceptors (Lipinski definition) is 27. The molecule has 552 valence electrons. The summed E-state index contributed by atoms with van der Waals surface area (Å²) in [7, 11) is -3.30. The molecule has 34 heteroatoms. The molecule has 0 bridgehead atoms. The van der Waals surface area contributed by atoms with Crippen molar-refractivity contribution in [1.29, 1.82) is 10.5 Å². The van der Waals surface area contributed by atoms with Crippen molar-refractivity contribution in [2.45, 2.75) is 129 Å². The third-order valence-electron chi connectivity index (χ3n) is 16.2. The van der Waals surface area contributed by atoms with Gasteiger partial charge in [0.05, 0.1) is 112 Å². The molecule has 2 saturated heterocycles. The molecule has 8 rings (SSSR count). The van der Waals surface area contributed by atoms with Crippen molar-refractivity contribution in [2.75, 3.05) is 105 Å². The minimum absolute atomic E-state index is 0.0111. The maximum absolute atomic E-state index is 14.3. The van der Waals surface area contributed by atoms with Crippen LogP contribution in [0.5, 0.6) is 11.5 Å². The molecule has 0 saturated carbocycles. The standard InChI is InChI=1S/C68H89N11O21P2/c1-44(2)61(82)73-65-72-60-57(63(84)74-65)71-43-78(60)64-59(98-49(9)81)58(97-48(8)80)55(99-64)39-96-102(86,94-31-16-28-70)95-36-35-90-34-33-89-32-29-76-38-56(77-37-47(7)62(83)75-66(77)85)100-67(40-76,42-93-101(92-30-15-27-69)79(45(3)4)46(5)6)41-91-68(50-17-13-12-14-18-50,51-19-23-53(87-10)24-20-51)52-21-25-54(88-11)26-22-52/h12-14,17-26,37,43-46,55-56,58-59,64H,15-16,29-36,38-42H2,1-11H3,(H,75,83,85)(H2,72,73,74,82,84)/t55-,56-,58-,59-,64-,67+,101?,102?/m1/s1. The number of fused-ring (bicyclic) bond motifs is 1. The lowest BCUT2D eigenvalue weighted by atomic mass is 9.79. The molecule has 6 aromatic rings. The predicted octanol–water partition coefficient (Wildman–Crippen LogP) is 7.33. The molecule has 5 heterocycles. The lowest BCUT2D eigenvalue weighted by Gasteiger charge is -2.48. The fourth-order valence-corrected chi connectivity index (χ4v) is 14.4. The third kappa shape index (κ3) is 20.6. The molecule has 0 spiro atoms. The normalized spacial score (nSPS) is 19.6. The van der Waals surface area contributed by atoms with Gasteiger partial charge >= 0.3 is 25.5 Å². The largest absolute Gasteiger partial charge is 0.497 e. The zero-order chi connectivity index (χ0) is 73.7. The Morgan fingerprint density at radius 1 is 0.755 bits per heavy atom. The maximum atomic E-state index is 14.3. The highest BCUT2D eigenvalue weighted by Gasteiger charge is 2.52. The van der Waals surface area contributed by atoms with Crippen LogP contribution in [0.3, 0.4) is 0 Å². The van der Waals surface area contributed by atoms with Crippen molar-refractivity contribution in [3.8, 4) is 23.6 Å². The predicted molar refractivity (Wildman–Crippen MR) is 369 cm³/mol. The molecule has 0 aliphatic carbocycles. The number of nitriles is 2. The number of carbonyl (C=O) groups excluding carboxylic acids is 3. The lowest BCUT2D eigenvalue weighted by molar-refractivity contribution is -0.229. The Morgan fingerprint density at radius 2 is 1.35 bits per heavy atom. The van der Waals surface area contributed by atoms with E-state index in [9.17, 15) is 43.9 Å². The molecular formula is C68H89N11O21P2. The van der Waals surface area contributed by atoms with Crippen LogP contribution in [0.4, 0.5) is 5.95 Å². The lowest BCUT2D eigenvalue weighted by Crippen LogP contribution is -2.61. The smallest absolute Gasteiger partial charge is 0.474 e. The van der Waals surface area contributed by atoms with Crippen LogP contribution in [0.15, 0.2) is 106 Å². The van der Waals surface area contributed by atoms with Crippen molar-refractivity contribution in [2.24, 2.45) is 5.92 Å². The minimum Gasteiger partial charge on any atom is -0.497 e. The number of methoxy groups -OCH3 is 2. The number of rotatable bonds is 39. The second-order valence-corrected chi connectivity index (χ2v) is 27.8. The topological polar surface area (TPSA) is 382 Å². The van der Waals surface area contributed by atoms with Gasteiger partial charge in [0, 0.05) is 63.2 Å². The monoisotopic (exact) mass is 1460 g/mol.